The number of aryl methyl sites for hydroxylation is 2. The normalized spacial score (nSPS) is 10.1. The molecule has 0 fully saturated rings. The van der Waals surface area contributed by atoms with Crippen molar-refractivity contribution in [1.29, 1.82) is 0 Å². The van der Waals surface area contributed by atoms with Gasteiger partial charge in [-0.2, -0.15) is 0 Å². The van der Waals surface area contributed by atoms with Crippen LogP contribution in [0.5, 0.6) is 0 Å². The molecule has 0 saturated carbocycles. The second-order valence-corrected chi connectivity index (χ2v) is 6.39. The Hall–Kier alpha value is -1.85. The molecule has 3 N–H and O–H groups in total. The Morgan fingerprint density at radius 3 is 2.11 bits per heavy atom. The van der Waals surface area contributed by atoms with E-state index in [4.69, 9.17) is 5.11 Å². The Labute approximate surface area is 176 Å². The quantitative estimate of drug-likeness (QED) is 0.400. The molecule has 160 valence electrons. The van der Waals surface area contributed by atoms with Crippen LogP contribution in [0.4, 0.5) is 5.00 Å². The lowest BCUT2D eigenvalue weighted by atomic mass is 10.1. The van der Waals surface area contributed by atoms with E-state index in [9.17, 15) is 4.79 Å². The predicted molar refractivity (Wildman–Crippen MR) is 125 cm³/mol. The lowest BCUT2D eigenvalue weighted by molar-refractivity contribution is -0.137. The number of carboxylic acid groups (broad SMARTS) is 1. The Morgan fingerprint density at radius 1 is 0.964 bits per heavy atom. The molecule has 1 unspecified atom stereocenters. The van der Waals surface area contributed by atoms with Crippen LogP contribution in [0.2, 0.25) is 0 Å². The summed E-state index contributed by atoms with van der Waals surface area (Å²) in [5, 5.41) is 9.85. The largest absolute Gasteiger partial charge is 0.481 e. The van der Waals surface area contributed by atoms with Gasteiger partial charge < -0.3 is 10.5 Å². The number of carbonyl (C=O) groups is 1. The van der Waals surface area contributed by atoms with E-state index in [2.05, 4.69) is 41.2 Å². The molecule has 0 aliphatic rings. The Balaban J connectivity index is 0. The van der Waals surface area contributed by atoms with Gasteiger partial charge in [0.2, 0.25) is 0 Å². The van der Waals surface area contributed by atoms with Crippen molar-refractivity contribution in [3.63, 3.8) is 0 Å². The second-order valence-electron chi connectivity index (χ2n) is 5.22. The van der Waals surface area contributed by atoms with Gasteiger partial charge in [0.25, 0.3) is 0 Å². The first-order chi connectivity index (χ1) is 13.7. The number of rotatable bonds is 9. The van der Waals surface area contributed by atoms with Crippen molar-refractivity contribution in [3.05, 3.63) is 52.9 Å². The number of hydrogen-bond donors (Lipinski definition) is 3. The van der Waals surface area contributed by atoms with Gasteiger partial charge in [0.15, 0.2) is 0 Å². The van der Waals surface area contributed by atoms with Crippen molar-refractivity contribution in [1.82, 2.24) is 5.43 Å². The minimum atomic E-state index is -0.782. The van der Waals surface area contributed by atoms with Crippen LogP contribution in [0.25, 0.3) is 0 Å². The summed E-state index contributed by atoms with van der Waals surface area (Å²) in [6.45, 7) is 14.0. The summed E-state index contributed by atoms with van der Waals surface area (Å²) in [6, 6.07) is 14.5. The van der Waals surface area contributed by atoms with Crippen LogP contribution in [0, 0.1) is 0 Å². The molecule has 0 bridgehead atoms. The second kappa shape index (κ2) is 19.9. The first-order valence-corrected chi connectivity index (χ1v) is 11.3. The predicted octanol–water partition coefficient (Wildman–Crippen LogP) is 6.78. The smallest absolute Gasteiger partial charge is 0.304 e. The van der Waals surface area contributed by atoms with E-state index in [0.717, 1.165) is 24.3 Å². The van der Waals surface area contributed by atoms with Crippen molar-refractivity contribution in [2.24, 2.45) is 0 Å². The number of nitrogens with one attached hydrogen (secondary N) is 2. The number of carboxylic acids is 1. The number of hydrogen-bond acceptors (Lipinski definition) is 4. The first kappa shape index (κ1) is 28.4. The zero-order valence-electron chi connectivity index (χ0n) is 18.7. The van der Waals surface area contributed by atoms with E-state index >= 15 is 0 Å². The highest BCUT2D eigenvalue weighted by Crippen LogP contribution is 2.22. The summed E-state index contributed by atoms with van der Waals surface area (Å²) in [5.41, 5.74) is 7.55. The molecule has 28 heavy (non-hydrogen) atoms. The molecule has 1 atom stereocenters. The van der Waals surface area contributed by atoms with Crippen LogP contribution in [-0.2, 0) is 17.6 Å². The topological polar surface area (TPSA) is 61.4 Å². The molecule has 1 heterocycles. The Morgan fingerprint density at radius 2 is 1.57 bits per heavy atom. The van der Waals surface area contributed by atoms with E-state index in [1.165, 1.54) is 10.4 Å². The molecule has 1 aromatic heterocycles. The van der Waals surface area contributed by atoms with Crippen molar-refractivity contribution in [2.45, 2.75) is 80.2 Å². The van der Waals surface area contributed by atoms with Crippen LogP contribution < -0.4 is 10.9 Å². The molecule has 0 saturated heterocycles. The Kier molecular flexibility index (Phi) is 20.2. The van der Waals surface area contributed by atoms with Crippen molar-refractivity contribution < 1.29 is 9.90 Å². The van der Waals surface area contributed by atoms with E-state index < -0.39 is 5.97 Å². The van der Waals surface area contributed by atoms with Crippen LogP contribution in [0.15, 0.2) is 42.5 Å². The molecule has 4 nitrogen and oxygen atoms in total. The lowest BCUT2D eigenvalue weighted by Crippen LogP contribution is -2.35. The number of hydrazine groups is 1. The van der Waals surface area contributed by atoms with Crippen molar-refractivity contribution in [2.75, 3.05) is 5.43 Å². The number of aliphatic carboxylic acids is 1. The average Bonchev–Trinajstić information content (AvgIpc) is 3.22. The van der Waals surface area contributed by atoms with Gasteiger partial charge in [0, 0.05) is 10.9 Å². The molecule has 1 aromatic carbocycles. The summed E-state index contributed by atoms with van der Waals surface area (Å²) in [6.07, 6.45) is 2.94. The van der Waals surface area contributed by atoms with Crippen LogP contribution in [-0.4, -0.2) is 17.1 Å². The van der Waals surface area contributed by atoms with Gasteiger partial charge in [0.05, 0.1) is 6.42 Å². The fourth-order valence-electron chi connectivity index (χ4n) is 2.17. The highest BCUT2D eigenvalue weighted by atomic mass is 32.1. The zero-order valence-corrected chi connectivity index (χ0v) is 19.5. The molecule has 2 aromatic rings. The third kappa shape index (κ3) is 13.3. The number of anilines is 1. The van der Waals surface area contributed by atoms with Crippen LogP contribution in [0.1, 0.15) is 71.7 Å². The van der Waals surface area contributed by atoms with Gasteiger partial charge in [-0.15, -0.1) is 11.3 Å². The van der Waals surface area contributed by atoms with E-state index in [0.29, 0.717) is 0 Å². The standard InChI is InChI=1S/C17H22N2O2S.3C2H6/c1-2-14(12-17(20)21)18-19-16-11-10-15(22-16)9-8-13-6-4-3-5-7-13;3*1-2/h3-7,10-11,14,18-19H,2,8-9,12H2,1H3,(H,20,21);3*1-2H3. The number of thiophene rings is 1. The SMILES string of the molecule is CC.CC.CC.CCC(CC(=O)O)NNc1ccc(CCc2ccccc2)s1. The van der Waals surface area contributed by atoms with E-state index in [1.807, 2.05) is 60.6 Å². The highest BCUT2D eigenvalue weighted by Gasteiger charge is 2.10. The highest BCUT2D eigenvalue weighted by molar-refractivity contribution is 7.16. The molecule has 2 rings (SSSR count). The van der Waals surface area contributed by atoms with Crippen LogP contribution >= 0.6 is 11.3 Å². The first-order valence-electron chi connectivity index (χ1n) is 10.5. The minimum Gasteiger partial charge on any atom is -0.481 e. The monoisotopic (exact) mass is 408 g/mol. The minimum absolute atomic E-state index is 0.0626. The van der Waals surface area contributed by atoms with Crippen molar-refractivity contribution >= 4 is 22.3 Å². The fourth-order valence-corrected chi connectivity index (χ4v) is 3.04. The van der Waals surface area contributed by atoms with E-state index in [1.54, 1.807) is 11.3 Å². The molecular weight excluding hydrogens is 368 g/mol. The van der Waals surface area contributed by atoms with Gasteiger partial charge >= 0.3 is 5.97 Å². The lowest BCUT2D eigenvalue weighted by Gasteiger charge is -2.15. The van der Waals surface area contributed by atoms with Gasteiger partial charge in [-0.3, -0.25) is 4.79 Å². The molecule has 0 aliphatic heterocycles. The zero-order chi connectivity index (χ0) is 21.8. The summed E-state index contributed by atoms with van der Waals surface area (Å²) in [7, 11) is 0. The summed E-state index contributed by atoms with van der Waals surface area (Å²) >= 11 is 1.70. The van der Waals surface area contributed by atoms with Gasteiger partial charge in [-0.25, -0.2) is 5.43 Å². The van der Waals surface area contributed by atoms with E-state index in [-0.39, 0.29) is 12.5 Å². The van der Waals surface area contributed by atoms with Gasteiger partial charge in [-0.1, -0.05) is 78.8 Å². The molecule has 0 spiro atoms. The fraction of sp³-hybridized carbons (Fsp3) is 0.522. The molecule has 0 aliphatic carbocycles. The maximum atomic E-state index is 10.7. The van der Waals surface area contributed by atoms with Crippen LogP contribution in [0.3, 0.4) is 0 Å². The average molecular weight is 409 g/mol. The summed E-state index contributed by atoms with van der Waals surface area (Å²) in [4.78, 5) is 12.1. The van der Waals surface area contributed by atoms with Gasteiger partial charge in [-0.05, 0) is 37.0 Å². The summed E-state index contributed by atoms with van der Waals surface area (Å²) in [5.74, 6) is -0.782. The number of benzene rings is 1. The van der Waals surface area contributed by atoms with Gasteiger partial charge in [0.1, 0.15) is 5.00 Å². The molecular formula is C23H40N2O2S. The maximum absolute atomic E-state index is 10.7. The molecule has 0 radical (unpaired) electrons. The third-order valence-electron chi connectivity index (χ3n) is 3.48. The maximum Gasteiger partial charge on any atom is 0.304 e. The molecule has 5 heteroatoms. The Bertz CT molecular complexity index is 585. The third-order valence-corrected chi connectivity index (χ3v) is 4.54. The molecule has 0 amide bonds. The van der Waals surface area contributed by atoms with Crippen molar-refractivity contribution in [3.8, 4) is 0 Å². The summed E-state index contributed by atoms with van der Waals surface area (Å²) < 4.78 is 0.